The molecule has 1 atom stereocenters. The van der Waals surface area contributed by atoms with E-state index in [1.807, 2.05) is 35.6 Å². The Bertz CT molecular complexity index is 736. The van der Waals surface area contributed by atoms with Gasteiger partial charge in [-0.25, -0.2) is 0 Å². The molecule has 25 heavy (non-hydrogen) atoms. The largest absolute Gasteiger partial charge is 0.353 e. The van der Waals surface area contributed by atoms with Crippen molar-refractivity contribution >= 4 is 28.8 Å². The molecule has 1 aliphatic heterocycles. The van der Waals surface area contributed by atoms with E-state index in [1.54, 1.807) is 13.8 Å². The van der Waals surface area contributed by atoms with Gasteiger partial charge in [0.2, 0.25) is 5.91 Å². The predicted octanol–water partition coefficient (Wildman–Crippen LogP) is 3.35. The van der Waals surface area contributed by atoms with Crippen molar-refractivity contribution in [2.45, 2.75) is 38.4 Å². The van der Waals surface area contributed by atoms with Crippen LogP contribution in [0.3, 0.4) is 0 Å². The fourth-order valence-corrected chi connectivity index (χ4v) is 4.11. The molecule has 0 saturated heterocycles. The van der Waals surface area contributed by atoms with Crippen LogP contribution in [0.2, 0.25) is 5.02 Å². The van der Waals surface area contributed by atoms with Crippen LogP contribution in [0.4, 0.5) is 0 Å². The first-order valence-corrected chi connectivity index (χ1v) is 9.72. The normalized spacial score (nSPS) is 16.3. The van der Waals surface area contributed by atoms with Crippen molar-refractivity contribution in [1.82, 2.24) is 10.2 Å². The molecule has 0 spiro atoms. The van der Waals surface area contributed by atoms with Gasteiger partial charge >= 0.3 is 0 Å². The molecule has 134 valence electrons. The third kappa shape index (κ3) is 4.42. The second-order valence-electron chi connectivity index (χ2n) is 7.09. The lowest BCUT2D eigenvalue weighted by Gasteiger charge is -2.35. The van der Waals surface area contributed by atoms with Crippen molar-refractivity contribution in [2.75, 3.05) is 13.1 Å². The number of nitrogens with one attached hydrogen (secondary N) is 1. The number of amides is 1. The second-order valence-corrected chi connectivity index (χ2v) is 8.53. The van der Waals surface area contributed by atoms with Gasteiger partial charge in [0.05, 0.1) is 11.6 Å². The van der Waals surface area contributed by atoms with Gasteiger partial charge in [-0.1, -0.05) is 23.7 Å². The minimum atomic E-state index is -0.882. The Morgan fingerprint density at radius 2 is 2.08 bits per heavy atom. The van der Waals surface area contributed by atoms with Crippen molar-refractivity contribution in [1.29, 1.82) is 0 Å². The average molecular weight is 378 g/mol. The molecule has 1 aromatic carbocycles. The predicted molar refractivity (Wildman–Crippen MR) is 104 cm³/mol. The van der Waals surface area contributed by atoms with Crippen LogP contribution in [-0.2, 0) is 17.8 Å². The Balaban J connectivity index is 1.79. The summed E-state index contributed by atoms with van der Waals surface area (Å²) in [5.41, 5.74) is 7.57. The molecule has 0 saturated carbocycles. The van der Waals surface area contributed by atoms with E-state index < -0.39 is 5.54 Å². The van der Waals surface area contributed by atoms with Gasteiger partial charge in [0.15, 0.2) is 0 Å². The summed E-state index contributed by atoms with van der Waals surface area (Å²) in [6, 6.07) is 10.2. The lowest BCUT2D eigenvalue weighted by molar-refractivity contribution is -0.125. The molecule has 0 aliphatic carbocycles. The molecule has 4 nitrogen and oxygen atoms in total. The third-order valence-corrected chi connectivity index (χ3v) is 5.85. The third-order valence-electron chi connectivity index (χ3n) is 4.57. The van der Waals surface area contributed by atoms with E-state index in [-0.39, 0.29) is 11.9 Å². The van der Waals surface area contributed by atoms with E-state index in [9.17, 15) is 4.79 Å². The smallest absolute Gasteiger partial charge is 0.239 e. The molecular weight excluding hydrogens is 354 g/mol. The summed E-state index contributed by atoms with van der Waals surface area (Å²) in [5, 5.41) is 5.89. The van der Waals surface area contributed by atoms with E-state index in [0.717, 1.165) is 25.1 Å². The van der Waals surface area contributed by atoms with Crippen LogP contribution >= 0.6 is 22.9 Å². The van der Waals surface area contributed by atoms with Crippen LogP contribution in [0.15, 0.2) is 35.7 Å². The monoisotopic (exact) mass is 377 g/mol. The molecule has 1 amide bonds. The maximum atomic E-state index is 12.2. The average Bonchev–Trinajstić information content (AvgIpc) is 3.03. The number of halogens is 1. The quantitative estimate of drug-likeness (QED) is 0.840. The molecule has 2 aromatic rings. The Morgan fingerprint density at radius 1 is 1.36 bits per heavy atom. The van der Waals surface area contributed by atoms with Crippen LogP contribution in [0.1, 0.15) is 35.9 Å². The minimum absolute atomic E-state index is 0.0941. The van der Waals surface area contributed by atoms with Gasteiger partial charge in [-0.2, -0.15) is 0 Å². The summed E-state index contributed by atoms with van der Waals surface area (Å²) in [4.78, 5) is 16.1. The summed E-state index contributed by atoms with van der Waals surface area (Å²) in [6.07, 6.45) is 1.05. The minimum Gasteiger partial charge on any atom is -0.353 e. The van der Waals surface area contributed by atoms with Gasteiger partial charge in [-0.3, -0.25) is 9.69 Å². The number of fused-ring (bicyclic) bond motifs is 1. The van der Waals surface area contributed by atoms with Crippen LogP contribution < -0.4 is 11.1 Å². The fraction of sp³-hybridized carbons (Fsp3) is 0.421. The van der Waals surface area contributed by atoms with Gasteiger partial charge in [-0.15, -0.1) is 11.3 Å². The SMILES string of the molecule is CC(C)(N)C(=O)NCC(c1ccc(Cl)cc1)N1CCc2sccc2C1. The highest BCUT2D eigenvalue weighted by molar-refractivity contribution is 7.10. The number of rotatable bonds is 5. The Hall–Kier alpha value is -1.40. The maximum Gasteiger partial charge on any atom is 0.239 e. The van der Waals surface area contributed by atoms with Gasteiger partial charge in [0.25, 0.3) is 0 Å². The summed E-state index contributed by atoms with van der Waals surface area (Å²) >= 11 is 7.87. The lowest BCUT2D eigenvalue weighted by atomic mass is 10.00. The number of nitrogens with two attached hydrogens (primary N) is 1. The van der Waals surface area contributed by atoms with Gasteiger partial charge in [0.1, 0.15) is 0 Å². The molecule has 1 unspecified atom stereocenters. The van der Waals surface area contributed by atoms with E-state index in [2.05, 4.69) is 21.7 Å². The molecule has 0 radical (unpaired) electrons. The molecule has 3 rings (SSSR count). The van der Waals surface area contributed by atoms with Crippen LogP contribution in [0.25, 0.3) is 0 Å². The van der Waals surface area contributed by atoms with E-state index >= 15 is 0 Å². The molecule has 1 aliphatic rings. The first-order valence-electron chi connectivity index (χ1n) is 8.46. The van der Waals surface area contributed by atoms with Crippen molar-refractivity contribution in [3.8, 4) is 0 Å². The Morgan fingerprint density at radius 3 is 2.76 bits per heavy atom. The number of thiophene rings is 1. The van der Waals surface area contributed by atoms with Crippen molar-refractivity contribution < 1.29 is 4.79 Å². The molecule has 3 N–H and O–H groups in total. The first-order chi connectivity index (χ1) is 11.8. The lowest BCUT2D eigenvalue weighted by Crippen LogP contribution is -2.51. The van der Waals surface area contributed by atoms with E-state index in [0.29, 0.717) is 11.6 Å². The molecule has 0 bridgehead atoms. The van der Waals surface area contributed by atoms with Gasteiger partial charge in [-0.05, 0) is 55.0 Å². The zero-order valence-corrected chi connectivity index (χ0v) is 16.2. The Kier molecular flexibility index (Phi) is 5.49. The number of hydrogen-bond donors (Lipinski definition) is 2. The molecule has 2 heterocycles. The van der Waals surface area contributed by atoms with Crippen LogP contribution in [0, 0.1) is 0 Å². The molecule has 1 aromatic heterocycles. The molecule has 0 fully saturated rings. The highest BCUT2D eigenvalue weighted by atomic mass is 35.5. The Labute approximate surface area is 158 Å². The number of carbonyl (C=O) groups is 1. The molecular formula is C19H24ClN3OS. The second kappa shape index (κ2) is 7.46. The van der Waals surface area contributed by atoms with E-state index in [1.165, 1.54) is 10.4 Å². The summed E-state index contributed by atoms with van der Waals surface area (Å²) in [5.74, 6) is -0.139. The zero-order chi connectivity index (χ0) is 18.0. The summed E-state index contributed by atoms with van der Waals surface area (Å²) in [7, 11) is 0. The van der Waals surface area contributed by atoms with Crippen LogP contribution in [-0.4, -0.2) is 29.4 Å². The van der Waals surface area contributed by atoms with Crippen molar-refractivity contribution in [3.63, 3.8) is 0 Å². The highest BCUT2D eigenvalue weighted by Gasteiger charge is 2.28. The number of hydrogen-bond acceptors (Lipinski definition) is 4. The van der Waals surface area contributed by atoms with Crippen molar-refractivity contribution in [2.24, 2.45) is 5.73 Å². The number of benzene rings is 1. The van der Waals surface area contributed by atoms with Crippen LogP contribution in [0.5, 0.6) is 0 Å². The summed E-state index contributed by atoms with van der Waals surface area (Å²) < 4.78 is 0. The first kappa shape index (κ1) is 18.4. The fourth-order valence-electron chi connectivity index (χ4n) is 3.10. The standard InChI is InChI=1S/C19H24ClN3OS/c1-19(2,21)18(24)22-11-16(13-3-5-15(20)6-4-13)23-9-7-17-14(12-23)8-10-25-17/h3-6,8,10,16H,7,9,11-12,21H2,1-2H3,(H,22,24). The van der Waals surface area contributed by atoms with Gasteiger partial charge < -0.3 is 11.1 Å². The topological polar surface area (TPSA) is 58.4 Å². The summed E-state index contributed by atoms with van der Waals surface area (Å²) in [6.45, 7) is 5.84. The van der Waals surface area contributed by atoms with Gasteiger partial charge in [0, 0.05) is 29.5 Å². The van der Waals surface area contributed by atoms with Crippen molar-refractivity contribution in [3.05, 3.63) is 56.7 Å². The number of nitrogens with zero attached hydrogens (tertiary/aromatic N) is 1. The number of carbonyl (C=O) groups excluding carboxylic acids is 1. The maximum absolute atomic E-state index is 12.2. The molecule has 6 heteroatoms. The highest BCUT2D eigenvalue weighted by Crippen LogP contribution is 2.30. The zero-order valence-electron chi connectivity index (χ0n) is 14.6. The van der Waals surface area contributed by atoms with E-state index in [4.69, 9.17) is 17.3 Å².